The van der Waals surface area contributed by atoms with Gasteiger partial charge in [-0.2, -0.15) is 0 Å². The van der Waals surface area contributed by atoms with Crippen molar-refractivity contribution >= 4 is 12.4 Å². The van der Waals surface area contributed by atoms with E-state index in [0.29, 0.717) is 6.04 Å². The van der Waals surface area contributed by atoms with E-state index in [1.54, 1.807) is 6.26 Å². The largest absolute Gasteiger partial charge is 0.469 e. The standard InChI is InChI=1S/C9H13NO.ClH/c1-10-8-3-2-4-9-7(8)5-6-11-9;/h5-6,8,10H,2-4H2,1H3;1H. The third-order valence-electron chi connectivity index (χ3n) is 2.40. The van der Waals surface area contributed by atoms with Gasteiger partial charge < -0.3 is 9.73 Å². The normalized spacial score (nSPS) is 21.2. The second-order valence-electron chi connectivity index (χ2n) is 3.03. The summed E-state index contributed by atoms with van der Waals surface area (Å²) in [4.78, 5) is 0. The summed E-state index contributed by atoms with van der Waals surface area (Å²) < 4.78 is 5.35. The molecule has 1 heterocycles. The lowest BCUT2D eigenvalue weighted by Crippen LogP contribution is -2.20. The molecule has 1 aliphatic carbocycles. The number of rotatable bonds is 1. The summed E-state index contributed by atoms with van der Waals surface area (Å²) in [7, 11) is 2.01. The SMILES string of the molecule is CNC1CCCc2occc21.Cl. The number of halogens is 1. The third-order valence-corrected chi connectivity index (χ3v) is 2.40. The average Bonchev–Trinajstić information content (AvgIpc) is 2.50. The van der Waals surface area contributed by atoms with Crippen LogP contribution < -0.4 is 5.32 Å². The summed E-state index contributed by atoms with van der Waals surface area (Å²) in [6, 6.07) is 2.60. The minimum atomic E-state index is 0. The molecule has 0 spiro atoms. The van der Waals surface area contributed by atoms with Gasteiger partial charge in [-0.1, -0.05) is 0 Å². The lowest BCUT2D eigenvalue weighted by molar-refractivity contribution is 0.428. The van der Waals surface area contributed by atoms with Crippen LogP contribution in [0.1, 0.15) is 30.2 Å². The quantitative estimate of drug-likeness (QED) is 0.730. The molecule has 0 radical (unpaired) electrons. The zero-order valence-electron chi connectivity index (χ0n) is 7.17. The summed E-state index contributed by atoms with van der Waals surface area (Å²) in [6.07, 6.45) is 5.38. The van der Waals surface area contributed by atoms with Gasteiger partial charge >= 0.3 is 0 Å². The van der Waals surface area contributed by atoms with Crippen LogP contribution >= 0.6 is 12.4 Å². The first-order valence-corrected chi connectivity index (χ1v) is 4.15. The maximum Gasteiger partial charge on any atom is 0.108 e. The highest BCUT2D eigenvalue weighted by Crippen LogP contribution is 2.29. The first-order valence-electron chi connectivity index (χ1n) is 4.15. The van der Waals surface area contributed by atoms with E-state index in [9.17, 15) is 0 Å². The summed E-state index contributed by atoms with van der Waals surface area (Å²) in [5.74, 6) is 1.18. The summed E-state index contributed by atoms with van der Waals surface area (Å²) >= 11 is 0. The molecular weight excluding hydrogens is 174 g/mol. The fraction of sp³-hybridized carbons (Fsp3) is 0.556. The van der Waals surface area contributed by atoms with Crippen LogP contribution in [0, 0.1) is 0 Å². The van der Waals surface area contributed by atoms with Crippen LogP contribution in [0.3, 0.4) is 0 Å². The van der Waals surface area contributed by atoms with Gasteiger partial charge in [0.1, 0.15) is 5.76 Å². The van der Waals surface area contributed by atoms with E-state index in [2.05, 4.69) is 11.4 Å². The second-order valence-corrected chi connectivity index (χ2v) is 3.03. The molecular formula is C9H14ClNO. The van der Waals surface area contributed by atoms with E-state index in [-0.39, 0.29) is 12.4 Å². The van der Waals surface area contributed by atoms with Gasteiger partial charge in [-0.25, -0.2) is 0 Å². The molecule has 1 aromatic rings. The first kappa shape index (κ1) is 9.62. The van der Waals surface area contributed by atoms with Crippen LogP contribution in [0.2, 0.25) is 0 Å². The monoisotopic (exact) mass is 187 g/mol. The van der Waals surface area contributed by atoms with Gasteiger partial charge in [0.05, 0.1) is 6.26 Å². The van der Waals surface area contributed by atoms with Crippen LogP contribution in [0.25, 0.3) is 0 Å². The first-order chi connectivity index (χ1) is 5.42. The highest BCUT2D eigenvalue weighted by atomic mass is 35.5. The molecule has 2 nitrogen and oxygen atoms in total. The van der Waals surface area contributed by atoms with E-state index in [4.69, 9.17) is 4.42 Å². The Morgan fingerprint density at radius 1 is 1.58 bits per heavy atom. The molecule has 0 fully saturated rings. The van der Waals surface area contributed by atoms with E-state index in [0.717, 1.165) is 6.42 Å². The molecule has 0 amide bonds. The van der Waals surface area contributed by atoms with Gasteiger partial charge in [0.15, 0.2) is 0 Å². The van der Waals surface area contributed by atoms with Crippen LogP contribution in [-0.4, -0.2) is 7.05 Å². The molecule has 1 aromatic heterocycles. The van der Waals surface area contributed by atoms with Crippen molar-refractivity contribution in [2.75, 3.05) is 7.05 Å². The zero-order chi connectivity index (χ0) is 7.68. The highest BCUT2D eigenvalue weighted by Gasteiger charge is 2.20. The molecule has 1 N–H and O–H groups in total. The van der Waals surface area contributed by atoms with Crippen LogP contribution in [0.15, 0.2) is 16.7 Å². The Kier molecular flexibility index (Phi) is 3.18. The smallest absolute Gasteiger partial charge is 0.108 e. The molecule has 0 saturated carbocycles. The Labute approximate surface area is 78.7 Å². The van der Waals surface area contributed by atoms with E-state index >= 15 is 0 Å². The number of hydrogen-bond donors (Lipinski definition) is 1. The van der Waals surface area contributed by atoms with Gasteiger partial charge in [-0.3, -0.25) is 0 Å². The minimum absolute atomic E-state index is 0. The van der Waals surface area contributed by atoms with Gasteiger partial charge in [-0.05, 0) is 26.0 Å². The molecule has 1 atom stereocenters. The maximum absolute atomic E-state index is 5.35. The van der Waals surface area contributed by atoms with Crippen molar-refractivity contribution in [3.8, 4) is 0 Å². The number of hydrogen-bond acceptors (Lipinski definition) is 2. The number of nitrogens with one attached hydrogen (secondary N) is 1. The van der Waals surface area contributed by atoms with Gasteiger partial charge in [0.25, 0.3) is 0 Å². The van der Waals surface area contributed by atoms with Crippen molar-refractivity contribution in [3.63, 3.8) is 0 Å². The molecule has 1 unspecified atom stereocenters. The van der Waals surface area contributed by atoms with Crippen LogP contribution in [0.4, 0.5) is 0 Å². The van der Waals surface area contributed by atoms with Gasteiger partial charge in [0.2, 0.25) is 0 Å². The fourth-order valence-electron chi connectivity index (χ4n) is 1.79. The predicted molar refractivity (Wildman–Crippen MR) is 50.7 cm³/mol. The molecule has 3 heteroatoms. The van der Waals surface area contributed by atoms with Crippen molar-refractivity contribution in [1.29, 1.82) is 0 Å². The Morgan fingerprint density at radius 3 is 3.17 bits per heavy atom. The fourth-order valence-corrected chi connectivity index (χ4v) is 1.79. The minimum Gasteiger partial charge on any atom is -0.469 e. The Balaban J connectivity index is 0.000000720. The molecule has 0 aliphatic heterocycles. The Hall–Kier alpha value is -0.470. The lowest BCUT2D eigenvalue weighted by Gasteiger charge is -2.20. The van der Waals surface area contributed by atoms with Gasteiger partial charge in [-0.15, -0.1) is 12.4 Å². The zero-order valence-corrected chi connectivity index (χ0v) is 7.99. The van der Waals surface area contributed by atoms with Crippen molar-refractivity contribution in [1.82, 2.24) is 5.32 Å². The summed E-state index contributed by atoms with van der Waals surface area (Å²) in [5, 5.41) is 3.29. The van der Waals surface area contributed by atoms with Crippen molar-refractivity contribution in [3.05, 3.63) is 23.7 Å². The molecule has 1 aliphatic rings. The van der Waals surface area contributed by atoms with Crippen molar-refractivity contribution in [2.45, 2.75) is 25.3 Å². The number of aryl methyl sites for hydroxylation is 1. The van der Waals surface area contributed by atoms with Crippen molar-refractivity contribution < 1.29 is 4.42 Å². The van der Waals surface area contributed by atoms with Crippen molar-refractivity contribution in [2.24, 2.45) is 0 Å². The van der Waals surface area contributed by atoms with E-state index < -0.39 is 0 Å². The summed E-state index contributed by atoms with van der Waals surface area (Å²) in [5.41, 5.74) is 1.36. The van der Waals surface area contributed by atoms with Gasteiger partial charge in [0, 0.05) is 18.0 Å². The predicted octanol–water partition coefficient (Wildman–Crippen LogP) is 2.30. The molecule has 0 bridgehead atoms. The molecule has 68 valence electrons. The lowest BCUT2D eigenvalue weighted by atomic mass is 9.94. The Morgan fingerprint density at radius 2 is 2.42 bits per heavy atom. The van der Waals surface area contributed by atoms with Crippen LogP contribution in [-0.2, 0) is 6.42 Å². The Bertz CT molecular complexity index is 246. The van der Waals surface area contributed by atoms with Crippen LogP contribution in [0.5, 0.6) is 0 Å². The highest BCUT2D eigenvalue weighted by molar-refractivity contribution is 5.85. The van der Waals surface area contributed by atoms with E-state index in [1.807, 2.05) is 7.05 Å². The average molecular weight is 188 g/mol. The second kappa shape index (κ2) is 3.97. The molecule has 0 aromatic carbocycles. The number of furan rings is 1. The maximum atomic E-state index is 5.35. The number of fused-ring (bicyclic) bond motifs is 1. The van der Waals surface area contributed by atoms with E-state index in [1.165, 1.54) is 24.2 Å². The molecule has 0 saturated heterocycles. The summed E-state index contributed by atoms with van der Waals surface area (Å²) in [6.45, 7) is 0. The molecule has 12 heavy (non-hydrogen) atoms. The third kappa shape index (κ3) is 1.50. The topological polar surface area (TPSA) is 25.2 Å². The molecule has 2 rings (SSSR count).